The molecule has 0 saturated carbocycles. The number of nitrogens with zero attached hydrogens (tertiary/aromatic N) is 7. The fraction of sp³-hybridized carbons (Fsp3) is 0.100. The molecule has 10 rings (SSSR count). The molecule has 6 aromatic carbocycles. The summed E-state index contributed by atoms with van der Waals surface area (Å²) in [5, 5.41) is 24.7. The zero-order valence-corrected chi connectivity index (χ0v) is 31.6. The Bertz CT molecular complexity index is 2660. The average Bonchev–Trinajstić information content (AvgIpc) is 3.97. The van der Waals surface area contributed by atoms with Gasteiger partial charge in [0.1, 0.15) is 11.4 Å². The maximum atomic E-state index is 7.21. The lowest BCUT2D eigenvalue weighted by atomic mass is 9.93. The van der Waals surface area contributed by atoms with Gasteiger partial charge < -0.3 is 8.39 Å². The van der Waals surface area contributed by atoms with Gasteiger partial charge in [0.05, 0.1) is 23.8 Å². The van der Waals surface area contributed by atoms with Gasteiger partial charge in [-0.15, -0.1) is 10.2 Å². The highest BCUT2D eigenvalue weighted by Gasteiger charge is 2.25. The van der Waals surface area contributed by atoms with Crippen molar-refractivity contribution >= 4 is 83.5 Å². The van der Waals surface area contributed by atoms with E-state index in [1.807, 2.05) is 60.9 Å². The first-order valence-corrected chi connectivity index (χ1v) is 19.7. The van der Waals surface area contributed by atoms with Crippen molar-refractivity contribution in [3.63, 3.8) is 0 Å². The number of fused-ring (bicyclic) bond motifs is 7. The Labute approximate surface area is 315 Å². The predicted octanol–water partition coefficient (Wildman–Crippen LogP) is 11.3. The van der Waals surface area contributed by atoms with E-state index in [0.717, 1.165) is 101 Å². The van der Waals surface area contributed by atoms with Crippen molar-refractivity contribution in [3.8, 4) is 33.9 Å². The van der Waals surface area contributed by atoms with Crippen LogP contribution in [-0.4, -0.2) is 43.1 Å². The van der Waals surface area contributed by atoms with Crippen LogP contribution in [0.5, 0.6) is 0 Å². The lowest BCUT2D eigenvalue weighted by Gasteiger charge is -2.10. The third-order valence-electron chi connectivity index (χ3n) is 9.63. The second-order valence-electron chi connectivity index (χ2n) is 12.8. The van der Waals surface area contributed by atoms with E-state index in [4.69, 9.17) is 18.6 Å². The van der Waals surface area contributed by atoms with Gasteiger partial charge in [-0.05, 0) is 95.1 Å². The summed E-state index contributed by atoms with van der Waals surface area (Å²) in [5.41, 5.74) is 6.43. The predicted molar refractivity (Wildman–Crippen MR) is 215 cm³/mol. The summed E-state index contributed by atoms with van der Waals surface area (Å²) in [6.45, 7) is 1.78. The minimum Gasteiger partial charge on any atom is -0.407 e. The van der Waals surface area contributed by atoms with Crippen LogP contribution in [0.3, 0.4) is 0 Å². The molecule has 0 amide bonds. The number of benzene rings is 6. The van der Waals surface area contributed by atoms with Gasteiger partial charge in [-0.1, -0.05) is 90.8 Å². The first kappa shape index (κ1) is 31.7. The van der Waals surface area contributed by atoms with Crippen LogP contribution in [0.25, 0.3) is 77.4 Å². The second kappa shape index (κ2) is 12.9. The highest BCUT2D eigenvalue weighted by molar-refractivity contribution is 9.10. The summed E-state index contributed by atoms with van der Waals surface area (Å²) in [5.74, 6) is 0. The minimum atomic E-state index is -1.57. The Balaban J connectivity index is 1.33. The van der Waals surface area contributed by atoms with Gasteiger partial charge in [-0.25, -0.2) is 14.0 Å². The zero-order valence-electron chi connectivity index (χ0n) is 27.5. The van der Waals surface area contributed by atoms with Gasteiger partial charge in [0.25, 0.3) is 0 Å². The molecule has 9 nitrogen and oxygen atoms in total. The Morgan fingerprint density at radius 2 is 1.00 bits per heavy atom. The van der Waals surface area contributed by atoms with E-state index in [-0.39, 0.29) is 0 Å². The lowest BCUT2D eigenvalue weighted by Crippen LogP contribution is -2.12. The van der Waals surface area contributed by atoms with E-state index in [9.17, 15) is 0 Å². The molecule has 4 heterocycles. The maximum Gasteiger partial charge on any atom is 0.309 e. The topological polar surface area (TPSA) is 90.9 Å². The molecule has 9 aromatic rings. The molecule has 0 radical (unpaired) electrons. The molecule has 0 bridgehead atoms. The van der Waals surface area contributed by atoms with Crippen LogP contribution in [0.15, 0.2) is 139 Å². The van der Waals surface area contributed by atoms with Crippen LogP contribution >= 0.6 is 40.0 Å². The molecule has 1 saturated heterocycles. The average molecular weight is 829 g/mol. The number of halogens is 2. The highest BCUT2D eigenvalue weighted by Crippen LogP contribution is 2.48. The van der Waals surface area contributed by atoms with Crippen molar-refractivity contribution < 1.29 is 8.39 Å². The maximum absolute atomic E-state index is 7.21. The van der Waals surface area contributed by atoms with Crippen molar-refractivity contribution in [1.29, 1.82) is 0 Å². The molecule has 254 valence electrons. The van der Waals surface area contributed by atoms with Gasteiger partial charge >= 0.3 is 8.16 Å². The van der Waals surface area contributed by atoms with Crippen LogP contribution in [-0.2, 0) is 0 Å². The minimum absolute atomic E-state index is 0.711. The van der Waals surface area contributed by atoms with E-state index < -0.39 is 8.16 Å². The van der Waals surface area contributed by atoms with Crippen molar-refractivity contribution in [1.82, 2.24) is 30.0 Å². The summed E-state index contributed by atoms with van der Waals surface area (Å²) in [4.78, 5) is 0. The normalized spacial score (nSPS) is 13.6. The molecule has 52 heavy (non-hydrogen) atoms. The molecule has 1 aliphatic rings. The summed E-state index contributed by atoms with van der Waals surface area (Å²) < 4.78 is 22.4. The SMILES string of the molecule is Brc1ccc(-n2cc(-c3cc4ccccc4c4c3op(N3CCCC3)oc3c(-c5cn(-c6ccc(Br)cc6)nn5)cc5ccccc5c34)nn2)cc1. The monoisotopic (exact) mass is 827 g/mol. The van der Waals surface area contributed by atoms with E-state index >= 15 is 0 Å². The fourth-order valence-corrected chi connectivity index (χ4v) is 9.19. The first-order chi connectivity index (χ1) is 25.6. The van der Waals surface area contributed by atoms with Gasteiger partial charge in [-0.2, -0.15) is 0 Å². The highest BCUT2D eigenvalue weighted by atomic mass is 79.9. The van der Waals surface area contributed by atoms with E-state index in [1.165, 1.54) is 0 Å². The second-order valence-corrected chi connectivity index (χ2v) is 16.1. The first-order valence-electron chi connectivity index (χ1n) is 17.0. The molecule has 1 aliphatic heterocycles. The molecule has 3 aromatic heterocycles. The molecule has 0 spiro atoms. The van der Waals surface area contributed by atoms with Gasteiger partial charge in [0, 0.05) is 43.9 Å². The zero-order chi connectivity index (χ0) is 34.8. The van der Waals surface area contributed by atoms with Crippen LogP contribution in [0.4, 0.5) is 0 Å². The summed E-state index contributed by atoms with van der Waals surface area (Å²) in [6.07, 6.45) is 6.11. The van der Waals surface area contributed by atoms with Crippen LogP contribution in [0.1, 0.15) is 12.8 Å². The fourth-order valence-electron chi connectivity index (χ4n) is 7.09. The standard InChI is InChI=1S/C40H28Br2N7O2P/c41-27-11-15-29(16-12-27)48-23-35(43-45-48)33-21-25-7-1-3-9-31(25)37-38-32-10-4-2-8-26(32)22-34(36-24-49(46-44-36)30-17-13-28(42)14-18-30)40(38)51-52(50-39(33)37)47-19-5-6-20-47/h1-4,7-18,21-24H,5-6,19-20H2. The summed E-state index contributed by atoms with van der Waals surface area (Å²) in [7, 11) is -1.57. The van der Waals surface area contributed by atoms with Crippen molar-refractivity contribution in [2.45, 2.75) is 12.8 Å². The van der Waals surface area contributed by atoms with Crippen LogP contribution in [0, 0.1) is 0 Å². The summed E-state index contributed by atoms with van der Waals surface area (Å²) in [6, 6.07) is 37.3. The van der Waals surface area contributed by atoms with E-state index in [1.54, 1.807) is 9.36 Å². The molecular weight excluding hydrogens is 801 g/mol. The molecule has 1 fully saturated rings. The Kier molecular flexibility index (Phi) is 7.83. The lowest BCUT2D eigenvalue weighted by molar-refractivity contribution is 0.630. The van der Waals surface area contributed by atoms with Crippen LogP contribution in [0.2, 0.25) is 0 Å². The Morgan fingerprint density at radius 1 is 0.558 bits per heavy atom. The van der Waals surface area contributed by atoms with Gasteiger partial charge in [0.2, 0.25) is 0 Å². The van der Waals surface area contributed by atoms with E-state index in [0.29, 0.717) is 11.4 Å². The van der Waals surface area contributed by atoms with Crippen LogP contribution < -0.4 is 4.67 Å². The van der Waals surface area contributed by atoms with Crippen molar-refractivity contribution in [2.24, 2.45) is 0 Å². The molecule has 12 heteroatoms. The summed E-state index contributed by atoms with van der Waals surface area (Å²) >= 11 is 7.09. The third-order valence-corrected chi connectivity index (χ3v) is 12.2. The molecule has 0 aliphatic carbocycles. The number of hydrogen-bond donors (Lipinski definition) is 0. The third kappa shape index (κ3) is 5.47. The van der Waals surface area contributed by atoms with Crippen molar-refractivity contribution in [2.75, 3.05) is 17.8 Å². The Morgan fingerprint density at radius 3 is 1.46 bits per heavy atom. The molecular formula is C40H28Br2N7O2P. The largest absolute Gasteiger partial charge is 0.407 e. The number of aromatic nitrogens is 6. The quantitative estimate of drug-likeness (QED) is 0.171. The van der Waals surface area contributed by atoms with Gasteiger partial charge in [0.15, 0.2) is 11.2 Å². The van der Waals surface area contributed by atoms with Crippen molar-refractivity contribution in [3.05, 3.63) is 131 Å². The molecule has 0 atom stereocenters. The number of rotatable bonds is 5. The Hall–Kier alpha value is -5.06. The molecule has 0 N–H and O–H groups in total. The smallest absolute Gasteiger partial charge is 0.309 e. The van der Waals surface area contributed by atoms with E-state index in [2.05, 4.69) is 108 Å². The molecule has 0 unspecified atom stereocenters. The van der Waals surface area contributed by atoms with Gasteiger partial charge in [-0.3, -0.25) is 0 Å². The number of hydrogen-bond acceptors (Lipinski definition) is 7.